The van der Waals surface area contributed by atoms with E-state index in [1.54, 1.807) is 24.3 Å². The molecule has 1 saturated heterocycles. The number of carbonyl (C=O) groups is 1. The van der Waals surface area contributed by atoms with Crippen molar-refractivity contribution in [3.63, 3.8) is 0 Å². The molecule has 3 aliphatic rings. The number of alkyl halides is 3. The van der Waals surface area contributed by atoms with Crippen molar-refractivity contribution in [3.05, 3.63) is 34.2 Å². The van der Waals surface area contributed by atoms with E-state index in [0.717, 1.165) is 18.5 Å². The van der Waals surface area contributed by atoms with Gasteiger partial charge in [-0.05, 0) is 37.8 Å². The molecule has 0 spiro atoms. The lowest BCUT2D eigenvalue weighted by atomic mass is 9.77. The third kappa shape index (κ3) is 5.48. The first-order valence-corrected chi connectivity index (χ1v) is 15.0. The summed E-state index contributed by atoms with van der Waals surface area (Å²) in [6.07, 6.45) is -0.708. The van der Waals surface area contributed by atoms with Gasteiger partial charge in [-0.15, -0.1) is 11.3 Å². The minimum Gasteiger partial charge on any atom is -0.369 e. The second-order valence-electron chi connectivity index (χ2n) is 10.1. The van der Waals surface area contributed by atoms with E-state index < -0.39 is 38.4 Å². The van der Waals surface area contributed by atoms with Gasteiger partial charge in [0.25, 0.3) is 0 Å². The van der Waals surface area contributed by atoms with Gasteiger partial charge in [-0.3, -0.25) is 4.79 Å². The summed E-state index contributed by atoms with van der Waals surface area (Å²) in [5.74, 6) is -1.07. The summed E-state index contributed by atoms with van der Waals surface area (Å²) in [4.78, 5) is 19.6. The number of amides is 1. The van der Waals surface area contributed by atoms with E-state index in [1.807, 2.05) is 4.90 Å². The molecule has 1 amide bonds. The Morgan fingerprint density at radius 1 is 1.14 bits per heavy atom. The summed E-state index contributed by atoms with van der Waals surface area (Å²) in [6.45, 7) is 0.732. The molecule has 1 N–H and O–H groups in total. The standard InChI is InChI=1S/C25H27F3N4O3S2/c26-25(27,28)23-30-20(16-5-7-17(8-6-16)32-11-13-37(34,35)14-12-32)21(36-23)18-3-1-2-4-19(18)22(33)31-24(15-29)9-10-24/h5-8,18-19H,1-4,9-14H2,(H,31,33). The van der Waals surface area contributed by atoms with Crippen LogP contribution in [0.4, 0.5) is 18.9 Å². The number of thiazole rings is 1. The van der Waals surface area contributed by atoms with Gasteiger partial charge in [-0.25, -0.2) is 13.4 Å². The van der Waals surface area contributed by atoms with Crippen molar-refractivity contribution in [2.75, 3.05) is 29.5 Å². The van der Waals surface area contributed by atoms with Gasteiger partial charge < -0.3 is 10.2 Å². The number of carbonyl (C=O) groups excluding carboxylic acids is 1. The van der Waals surface area contributed by atoms with Crippen molar-refractivity contribution in [2.24, 2.45) is 5.92 Å². The van der Waals surface area contributed by atoms with Gasteiger partial charge in [0.1, 0.15) is 5.54 Å². The minimum atomic E-state index is -4.61. The molecule has 2 saturated carbocycles. The highest BCUT2D eigenvalue weighted by atomic mass is 32.2. The monoisotopic (exact) mass is 552 g/mol. The van der Waals surface area contributed by atoms with Crippen LogP contribution in [0.2, 0.25) is 0 Å². The summed E-state index contributed by atoms with van der Waals surface area (Å²) >= 11 is 0.602. The summed E-state index contributed by atoms with van der Waals surface area (Å²) in [5.41, 5.74) is 0.718. The first-order valence-electron chi connectivity index (χ1n) is 12.4. The number of rotatable bonds is 5. The van der Waals surface area contributed by atoms with E-state index in [4.69, 9.17) is 0 Å². The maximum atomic E-state index is 13.7. The van der Waals surface area contributed by atoms with Gasteiger partial charge in [-0.2, -0.15) is 18.4 Å². The molecule has 1 aliphatic heterocycles. The summed E-state index contributed by atoms with van der Waals surface area (Å²) in [5, 5.41) is 11.3. The molecule has 2 atom stereocenters. The second kappa shape index (κ2) is 9.58. The highest BCUT2D eigenvalue weighted by Gasteiger charge is 2.47. The van der Waals surface area contributed by atoms with Crippen molar-refractivity contribution in [1.82, 2.24) is 10.3 Å². The molecule has 37 heavy (non-hydrogen) atoms. The molecule has 7 nitrogen and oxygen atoms in total. The van der Waals surface area contributed by atoms with Crippen LogP contribution in [0.25, 0.3) is 11.3 Å². The van der Waals surface area contributed by atoms with Gasteiger partial charge in [0.15, 0.2) is 14.8 Å². The molecule has 12 heteroatoms. The van der Waals surface area contributed by atoms with Crippen LogP contribution < -0.4 is 10.2 Å². The zero-order valence-electron chi connectivity index (χ0n) is 20.1. The number of hydrogen-bond donors (Lipinski definition) is 1. The minimum absolute atomic E-state index is 0.0676. The van der Waals surface area contributed by atoms with E-state index >= 15 is 0 Å². The molecule has 198 valence electrons. The third-order valence-corrected chi connectivity index (χ3v) is 10.4. The van der Waals surface area contributed by atoms with E-state index in [0.29, 0.717) is 60.6 Å². The number of hydrogen-bond acceptors (Lipinski definition) is 7. The van der Waals surface area contributed by atoms with Crippen molar-refractivity contribution < 1.29 is 26.4 Å². The second-order valence-corrected chi connectivity index (χ2v) is 13.4. The van der Waals surface area contributed by atoms with E-state index in [1.165, 1.54) is 0 Å². The van der Waals surface area contributed by atoms with Gasteiger partial charge >= 0.3 is 6.18 Å². The fourth-order valence-electron chi connectivity index (χ4n) is 5.19. The molecule has 1 aromatic heterocycles. The Balaban J connectivity index is 1.45. The Bertz CT molecular complexity index is 1310. The molecule has 2 aliphatic carbocycles. The normalized spacial score (nSPS) is 24.8. The number of nitrogens with zero attached hydrogens (tertiary/aromatic N) is 3. The Morgan fingerprint density at radius 3 is 2.38 bits per heavy atom. The van der Waals surface area contributed by atoms with Gasteiger partial charge in [-0.1, -0.05) is 25.0 Å². The first kappa shape index (κ1) is 26.0. The molecule has 5 rings (SSSR count). The summed E-state index contributed by atoms with van der Waals surface area (Å²) in [7, 11) is -3.03. The van der Waals surface area contributed by atoms with E-state index in [2.05, 4.69) is 16.4 Å². The quantitative estimate of drug-likeness (QED) is 0.586. The van der Waals surface area contributed by atoms with Crippen LogP contribution in [-0.2, 0) is 20.8 Å². The van der Waals surface area contributed by atoms with Gasteiger partial charge in [0.2, 0.25) is 5.91 Å². The number of benzene rings is 1. The maximum absolute atomic E-state index is 13.7. The highest BCUT2D eigenvalue weighted by Crippen LogP contribution is 2.48. The zero-order chi connectivity index (χ0) is 26.4. The average Bonchev–Trinajstić information content (AvgIpc) is 3.49. The highest BCUT2D eigenvalue weighted by molar-refractivity contribution is 7.91. The van der Waals surface area contributed by atoms with Crippen LogP contribution >= 0.6 is 11.3 Å². The van der Waals surface area contributed by atoms with Crippen LogP contribution in [0.1, 0.15) is 54.3 Å². The lowest BCUT2D eigenvalue weighted by Gasteiger charge is -2.31. The zero-order valence-corrected chi connectivity index (χ0v) is 21.7. The molecule has 1 aromatic carbocycles. The molecular weight excluding hydrogens is 525 g/mol. The number of halogens is 3. The Labute approximate surface area is 217 Å². The molecule has 2 heterocycles. The topological polar surface area (TPSA) is 103 Å². The van der Waals surface area contributed by atoms with Crippen molar-refractivity contribution in [2.45, 2.75) is 56.2 Å². The molecular formula is C25H27F3N4O3S2. The van der Waals surface area contributed by atoms with Gasteiger partial charge in [0.05, 0.1) is 23.3 Å². The van der Waals surface area contributed by atoms with Crippen LogP contribution in [0.5, 0.6) is 0 Å². The Kier molecular flexibility index (Phi) is 6.73. The summed E-state index contributed by atoms with van der Waals surface area (Å²) < 4.78 is 64.7. The number of nitriles is 1. The predicted molar refractivity (Wildman–Crippen MR) is 134 cm³/mol. The largest absolute Gasteiger partial charge is 0.443 e. The predicted octanol–water partition coefficient (Wildman–Crippen LogP) is 4.51. The SMILES string of the molecule is N#CC1(NC(=O)C2CCCCC2c2sc(C(F)(F)F)nc2-c2ccc(N3CCS(=O)(=O)CC3)cc2)CC1. The van der Waals surface area contributed by atoms with Crippen molar-refractivity contribution >= 4 is 32.8 Å². The average molecular weight is 553 g/mol. The molecule has 0 radical (unpaired) electrons. The first-order chi connectivity index (χ1) is 17.5. The molecule has 3 fully saturated rings. The number of nitrogens with one attached hydrogen (secondary N) is 1. The Hall–Kier alpha value is -2.65. The number of sulfone groups is 1. The van der Waals surface area contributed by atoms with Crippen molar-refractivity contribution in [1.29, 1.82) is 5.26 Å². The lowest BCUT2D eigenvalue weighted by Crippen LogP contribution is -2.42. The lowest BCUT2D eigenvalue weighted by molar-refractivity contribution is -0.137. The van der Waals surface area contributed by atoms with Crippen molar-refractivity contribution in [3.8, 4) is 17.3 Å². The fourth-order valence-corrected chi connectivity index (χ4v) is 7.54. The number of anilines is 1. The van der Waals surface area contributed by atoms with Crippen LogP contribution in [0.3, 0.4) is 0 Å². The maximum Gasteiger partial charge on any atom is 0.443 e. The van der Waals surface area contributed by atoms with E-state index in [9.17, 15) is 31.6 Å². The molecule has 2 unspecified atom stereocenters. The van der Waals surface area contributed by atoms with Crippen LogP contribution in [-0.4, -0.2) is 49.4 Å². The fraction of sp³-hybridized carbons (Fsp3) is 0.560. The smallest absolute Gasteiger partial charge is 0.369 e. The summed E-state index contributed by atoms with van der Waals surface area (Å²) in [6, 6.07) is 9.12. The van der Waals surface area contributed by atoms with Crippen LogP contribution in [0.15, 0.2) is 24.3 Å². The number of aromatic nitrogens is 1. The molecule has 0 bridgehead atoms. The van der Waals surface area contributed by atoms with Gasteiger partial charge in [0, 0.05) is 41.1 Å². The van der Waals surface area contributed by atoms with Crippen LogP contribution in [0, 0.1) is 17.2 Å². The molecule has 2 aromatic rings. The van der Waals surface area contributed by atoms with E-state index in [-0.39, 0.29) is 23.1 Å². The Morgan fingerprint density at radius 2 is 1.78 bits per heavy atom. The third-order valence-electron chi connectivity index (χ3n) is 7.51.